The van der Waals surface area contributed by atoms with Gasteiger partial charge in [-0.05, 0) is 68.7 Å². The summed E-state index contributed by atoms with van der Waals surface area (Å²) in [7, 11) is 0. The molecule has 6 rings (SSSR count). The van der Waals surface area contributed by atoms with Crippen LogP contribution < -0.4 is 9.80 Å². The van der Waals surface area contributed by atoms with Crippen LogP contribution in [0.15, 0.2) is 48.7 Å². The van der Waals surface area contributed by atoms with E-state index in [4.69, 9.17) is 0 Å². The van der Waals surface area contributed by atoms with Crippen LogP contribution in [0.3, 0.4) is 0 Å². The van der Waals surface area contributed by atoms with Gasteiger partial charge in [-0.15, -0.1) is 0 Å². The lowest BCUT2D eigenvalue weighted by Gasteiger charge is -2.44. The van der Waals surface area contributed by atoms with Crippen LogP contribution in [0, 0.1) is 18.7 Å². The van der Waals surface area contributed by atoms with Crippen molar-refractivity contribution in [3.05, 3.63) is 76.9 Å². The summed E-state index contributed by atoms with van der Waals surface area (Å²) in [5.41, 5.74) is 2.19. The van der Waals surface area contributed by atoms with Crippen molar-refractivity contribution in [2.75, 3.05) is 22.9 Å². The molecule has 1 aliphatic carbocycles. The number of alkyl halides is 3. The molecule has 1 aromatic heterocycles. The second kappa shape index (κ2) is 10.1. The van der Waals surface area contributed by atoms with Crippen molar-refractivity contribution in [2.45, 2.75) is 70.9 Å². The lowest BCUT2D eigenvalue weighted by atomic mass is 10.00. The van der Waals surface area contributed by atoms with Crippen LogP contribution in [0.25, 0.3) is 0 Å². The van der Waals surface area contributed by atoms with Crippen molar-refractivity contribution in [1.29, 1.82) is 0 Å². The van der Waals surface area contributed by atoms with Crippen molar-refractivity contribution in [3.63, 3.8) is 0 Å². The number of amides is 2. The molecule has 2 aromatic carbocycles. The number of anilines is 2. The molecule has 6 nitrogen and oxygen atoms in total. The molecule has 0 N–H and O–H groups in total. The van der Waals surface area contributed by atoms with E-state index >= 15 is 0 Å². The quantitative estimate of drug-likeness (QED) is 0.310. The van der Waals surface area contributed by atoms with Gasteiger partial charge in [0.25, 0.3) is 0 Å². The number of nitrogens with zero attached hydrogens (tertiary/aromatic N) is 5. The SMILES string of the molecule is Cc1cccc(F)c1N1CCC(N2Cc3c(cnn3C(C)C3CC3)N(Cc3ccccc3C(F)(F)F)C2=O)CC1. The Morgan fingerprint density at radius 1 is 1.02 bits per heavy atom. The van der Waals surface area contributed by atoms with Crippen LogP contribution in [-0.4, -0.2) is 39.8 Å². The van der Waals surface area contributed by atoms with Gasteiger partial charge < -0.3 is 9.80 Å². The van der Waals surface area contributed by atoms with Crippen LogP contribution in [0.1, 0.15) is 61.0 Å². The minimum Gasteiger partial charge on any atom is -0.369 e. The Kier molecular flexibility index (Phi) is 6.74. The van der Waals surface area contributed by atoms with E-state index in [-0.39, 0.29) is 36.0 Å². The molecular weight excluding hydrogens is 522 g/mol. The number of benzene rings is 2. The number of aromatic nitrogens is 2. The minimum absolute atomic E-state index is 0.0454. The van der Waals surface area contributed by atoms with E-state index in [0.717, 1.165) is 30.2 Å². The summed E-state index contributed by atoms with van der Waals surface area (Å²) in [5.74, 6) is 0.256. The molecule has 212 valence electrons. The van der Waals surface area contributed by atoms with Gasteiger partial charge in [0.1, 0.15) is 5.82 Å². The van der Waals surface area contributed by atoms with E-state index < -0.39 is 11.7 Å². The number of hydrogen-bond acceptors (Lipinski definition) is 3. The Morgan fingerprint density at radius 3 is 2.42 bits per heavy atom. The average Bonchev–Trinajstić information content (AvgIpc) is 3.69. The molecular formula is C30H33F4N5O. The topological polar surface area (TPSA) is 44.6 Å². The third kappa shape index (κ3) is 4.81. The molecule has 1 atom stereocenters. The number of piperidine rings is 1. The van der Waals surface area contributed by atoms with Crippen LogP contribution in [0.5, 0.6) is 0 Å². The first-order chi connectivity index (χ1) is 19.1. The summed E-state index contributed by atoms with van der Waals surface area (Å²) in [6, 6.07) is 10.2. The number of fused-ring (bicyclic) bond motifs is 1. The summed E-state index contributed by atoms with van der Waals surface area (Å²) in [5, 5.41) is 4.63. The van der Waals surface area contributed by atoms with Crippen LogP contribution in [-0.2, 0) is 19.3 Å². The number of urea groups is 1. The van der Waals surface area contributed by atoms with Crippen molar-refractivity contribution >= 4 is 17.4 Å². The monoisotopic (exact) mass is 555 g/mol. The first-order valence-electron chi connectivity index (χ1n) is 13.9. The number of carbonyl (C=O) groups is 1. The molecule has 2 aliphatic heterocycles. The predicted octanol–water partition coefficient (Wildman–Crippen LogP) is 6.93. The van der Waals surface area contributed by atoms with Crippen molar-refractivity contribution in [3.8, 4) is 0 Å². The zero-order chi connectivity index (χ0) is 28.2. The molecule has 1 saturated heterocycles. The van der Waals surface area contributed by atoms with Gasteiger partial charge in [0.15, 0.2) is 0 Å². The lowest BCUT2D eigenvalue weighted by Crippen LogP contribution is -2.54. The minimum atomic E-state index is -4.53. The van der Waals surface area contributed by atoms with E-state index in [1.165, 1.54) is 23.1 Å². The summed E-state index contributed by atoms with van der Waals surface area (Å²) in [6.45, 7) is 5.32. The van der Waals surface area contributed by atoms with Gasteiger partial charge in [-0.1, -0.05) is 30.3 Å². The third-order valence-electron chi connectivity index (χ3n) is 8.72. The molecule has 1 saturated carbocycles. The summed E-state index contributed by atoms with van der Waals surface area (Å²) in [4.78, 5) is 19.3. The van der Waals surface area contributed by atoms with Crippen LogP contribution in [0.2, 0.25) is 0 Å². The summed E-state index contributed by atoms with van der Waals surface area (Å²) >= 11 is 0. The van der Waals surface area contributed by atoms with E-state index in [2.05, 4.69) is 12.0 Å². The highest BCUT2D eigenvalue weighted by atomic mass is 19.4. The van der Waals surface area contributed by atoms with Gasteiger partial charge in [0.2, 0.25) is 0 Å². The zero-order valence-electron chi connectivity index (χ0n) is 22.7. The van der Waals surface area contributed by atoms with Gasteiger partial charge in [0.05, 0.1) is 48.0 Å². The van der Waals surface area contributed by atoms with Gasteiger partial charge in [-0.3, -0.25) is 9.58 Å². The fourth-order valence-electron chi connectivity index (χ4n) is 6.34. The Morgan fingerprint density at radius 2 is 1.75 bits per heavy atom. The van der Waals surface area contributed by atoms with Crippen molar-refractivity contribution in [1.82, 2.24) is 14.7 Å². The van der Waals surface area contributed by atoms with E-state index in [1.54, 1.807) is 23.2 Å². The molecule has 2 amide bonds. The second-order valence-corrected chi connectivity index (χ2v) is 11.3. The highest BCUT2D eigenvalue weighted by Crippen LogP contribution is 2.43. The maximum Gasteiger partial charge on any atom is 0.416 e. The highest BCUT2D eigenvalue weighted by molar-refractivity contribution is 5.94. The summed E-state index contributed by atoms with van der Waals surface area (Å²) in [6.07, 6.45) is 0.607. The number of halogens is 4. The van der Waals surface area contributed by atoms with Crippen LogP contribution in [0.4, 0.5) is 33.7 Å². The molecule has 1 unspecified atom stereocenters. The smallest absolute Gasteiger partial charge is 0.369 e. The maximum absolute atomic E-state index is 14.6. The second-order valence-electron chi connectivity index (χ2n) is 11.3. The Hall–Kier alpha value is -3.56. The van der Waals surface area contributed by atoms with Crippen molar-refractivity contribution in [2.24, 2.45) is 5.92 Å². The molecule has 3 aromatic rings. The fourth-order valence-corrected chi connectivity index (χ4v) is 6.34. The lowest BCUT2D eigenvalue weighted by molar-refractivity contribution is -0.138. The number of aryl methyl sites for hydroxylation is 1. The van der Waals surface area contributed by atoms with E-state index in [1.807, 2.05) is 22.6 Å². The van der Waals surface area contributed by atoms with Gasteiger partial charge in [0, 0.05) is 19.1 Å². The molecule has 10 heteroatoms. The first kappa shape index (κ1) is 26.7. The van der Waals surface area contributed by atoms with Crippen molar-refractivity contribution < 1.29 is 22.4 Å². The zero-order valence-corrected chi connectivity index (χ0v) is 22.7. The fraction of sp³-hybridized carbons (Fsp3) is 0.467. The molecule has 3 heterocycles. The van der Waals surface area contributed by atoms with Gasteiger partial charge >= 0.3 is 12.2 Å². The first-order valence-corrected chi connectivity index (χ1v) is 13.9. The number of para-hydroxylation sites is 1. The maximum atomic E-state index is 14.6. The van der Waals surface area contributed by atoms with Gasteiger partial charge in [-0.2, -0.15) is 18.3 Å². The molecule has 40 heavy (non-hydrogen) atoms. The largest absolute Gasteiger partial charge is 0.416 e. The van der Waals surface area contributed by atoms with Crippen LogP contribution >= 0.6 is 0 Å². The Balaban J connectivity index is 1.30. The van der Waals surface area contributed by atoms with E-state index in [9.17, 15) is 22.4 Å². The number of rotatable bonds is 6. The average molecular weight is 556 g/mol. The van der Waals surface area contributed by atoms with Gasteiger partial charge in [-0.25, -0.2) is 9.18 Å². The molecule has 0 bridgehead atoms. The third-order valence-corrected chi connectivity index (χ3v) is 8.72. The molecule has 3 aliphatic rings. The predicted molar refractivity (Wildman–Crippen MR) is 145 cm³/mol. The Bertz CT molecular complexity index is 1390. The normalized spacial score (nSPS) is 19.2. The number of hydrogen-bond donors (Lipinski definition) is 0. The standard InChI is InChI=1S/C30H33F4N5O/c1-19-6-5-9-25(31)28(19)36-14-12-23(13-15-36)37-18-27-26(16-35-39(27)20(2)21-10-11-21)38(29(37)40)17-22-7-3-4-8-24(22)30(32,33)34/h3-9,16,20-21,23H,10-15,17-18H2,1-2H3. The summed E-state index contributed by atoms with van der Waals surface area (Å²) < 4.78 is 58.1. The molecule has 0 radical (unpaired) electrons. The molecule has 2 fully saturated rings. The van der Waals surface area contributed by atoms with E-state index in [0.29, 0.717) is 49.8 Å². The Labute approximate surface area is 231 Å². The number of carbonyl (C=O) groups excluding carboxylic acids is 1. The highest BCUT2D eigenvalue weighted by Gasteiger charge is 2.42. The molecule has 0 spiro atoms.